The summed E-state index contributed by atoms with van der Waals surface area (Å²) in [6, 6.07) is 3.63. The zero-order chi connectivity index (χ0) is 12.8. The Hall–Kier alpha value is -1.95. The van der Waals surface area contributed by atoms with Gasteiger partial charge in [0.1, 0.15) is 11.5 Å². The number of primary amides is 1. The number of carbonyl (C=O) groups is 1. The predicted molar refractivity (Wildman–Crippen MR) is 63.8 cm³/mol. The van der Waals surface area contributed by atoms with E-state index in [1.807, 2.05) is 6.92 Å². The van der Waals surface area contributed by atoms with Gasteiger partial charge in [-0.1, -0.05) is 0 Å². The molecular formula is C11H17N3O3. The minimum absolute atomic E-state index is 0.0988. The van der Waals surface area contributed by atoms with Crippen molar-refractivity contribution < 1.29 is 15.0 Å². The molecule has 0 saturated heterocycles. The fourth-order valence-electron chi connectivity index (χ4n) is 1.47. The first kappa shape index (κ1) is 13.1. The number of nitrogens with one attached hydrogen (secondary N) is 2. The molecule has 6 heteroatoms. The van der Waals surface area contributed by atoms with Gasteiger partial charge >= 0.3 is 6.03 Å². The van der Waals surface area contributed by atoms with Crippen LogP contribution in [0.5, 0.6) is 11.5 Å². The van der Waals surface area contributed by atoms with Gasteiger partial charge in [-0.3, -0.25) is 0 Å². The molecule has 1 rings (SSSR count). The van der Waals surface area contributed by atoms with E-state index in [2.05, 4.69) is 10.6 Å². The summed E-state index contributed by atoms with van der Waals surface area (Å²) in [6.07, 6.45) is 0. The third-order valence-electron chi connectivity index (χ3n) is 2.35. The number of hydrogen-bond donors (Lipinski definition) is 5. The molecule has 0 aliphatic heterocycles. The van der Waals surface area contributed by atoms with Crippen LogP contribution in [0.4, 0.5) is 4.79 Å². The molecule has 94 valence electrons. The average molecular weight is 239 g/mol. The van der Waals surface area contributed by atoms with E-state index in [1.165, 1.54) is 18.2 Å². The van der Waals surface area contributed by atoms with Crippen LogP contribution in [0.15, 0.2) is 18.2 Å². The molecular weight excluding hydrogens is 222 g/mol. The van der Waals surface area contributed by atoms with Crippen molar-refractivity contribution in [3.8, 4) is 11.5 Å². The van der Waals surface area contributed by atoms with Crippen LogP contribution in [-0.4, -0.2) is 29.3 Å². The molecule has 1 atom stereocenters. The number of urea groups is 1. The topological polar surface area (TPSA) is 108 Å². The normalized spacial score (nSPS) is 12.1. The fraction of sp³-hybridized carbons (Fsp3) is 0.364. The van der Waals surface area contributed by atoms with E-state index < -0.39 is 6.03 Å². The summed E-state index contributed by atoms with van der Waals surface area (Å²) in [5.41, 5.74) is 5.51. The highest BCUT2D eigenvalue weighted by Gasteiger charge is 2.10. The molecule has 0 saturated carbocycles. The Balaban J connectivity index is 2.49. The number of carbonyl (C=O) groups excluding carboxylic acids is 1. The maximum atomic E-state index is 10.4. The van der Waals surface area contributed by atoms with Gasteiger partial charge in [0.25, 0.3) is 0 Å². The van der Waals surface area contributed by atoms with Crippen molar-refractivity contribution in [3.05, 3.63) is 23.8 Å². The van der Waals surface area contributed by atoms with E-state index in [4.69, 9.17) is 5.73 Å². The van der Waals surface area contributed by atoms with Crippen LogP contribution in [0, 0.1) is 0 Å². The molecule has 0 aliphatic rings. The van der Waals surface area contributed by atoms with E-state index in [0.717, 1.165) is 0 Å². The largest absolute Gasteiger partial charge is 0.508 e. The molecule has 17 heavy (non-hydrogen) atoms. The second-order valence-electron chi connectivity index (χ2n) is 3.71. The van der Waals surface area contributed by atoms with Crippen LogP contribution in [0.2, 0.25) is 0 Å². The van der Waals surface area contributed by atoms with Gasteiger partial charge in [0, 0.05) is 24.7 Å². The van der Waals surface area contributed by atoms with Crippen LogP contribution in [0.3, 0.4) is 0 Å². The zero-order valence-corrected chi connectivity index (χ0v) is 9.60. The second-order valence-corrected chi connectivity index (χ2v) is 3.71. The lowest BCUT2D eigenvalue weighted by Gasteiger charge is -2.15. The Bertz CT molecular complexity index is 396. The lowest BCUT2D eigenvalue weighted by Crippen LogP contribution is -2.36. The fourth-order valence-corrected chi connectivity index (χ4v) is 1.47. The molecule has 0 spiro atoms. The van der Waals surface area contributed by atoms with Gasteiger partial charge in [-0.25, -0.2) is 4.79 Å². The van der Waals surface area contributed by atoms with Gasteiger partial charge in [0.05, 0.1) is 0 Å². The number of phenolic OH excluding ortho intramolecular Hbond substituents is 2. The summed E-state index contributed by atoms with van der Waals surface area (Å²) in [5, 5.41) is 24.5. The van der Waals surface area contributed by atoms with E-state index in [9.17, 15) is 15.0 Å². The van der Waals surface area contributed by atoms with Crippen molar-refractivity contribution >= 4 is 6.03 Å². The van der Waals surface area contributed by atoms with Gasteiger partial charge in [0.15, 0.2) is 0 Å². The number of phenols is 2. The van der Waals surface area contributed by atoms with Gasteiger partial charge < -0.3 is 26.6 Å². The van der Waals surface area contributed by atoms with E-state index in [-0.39, 0.29) is 17.5 Å². The standard InChI is InChI=1S/C11H17N3O3/c1-7(13-4-5-14-11(12)17)9-6-8(15)2-3-10(9)16/h2-3,6-7,13,15-16H,4-5H2,1H3,(H3,12,14,17). The van der Waals surface area contributed by atoms with Crippen molar-refractivity contribution in [3.63, 3.8) is 0 Å². The van der Waals surface area contributed by atoms with E-state index >= 15 is 0 Å². The first-order chi connectivity index (χ1) is 8.00. The molecule has 0 bridgehead atoms. The van der Waals surface area contributed by atoms with Crippen LogP contribution in [0.1, 0.15) is 18.5 Å². The number of amides is 2. The Morgan fingerprint density at radius 1 is 1.41 bits per heavy atom. The first-order valence-electron chi connectivity index (χ1n) is 5.29. The molecule has 1 unspecified atom stereocenters. The Labute approximate surface area is 99.4 Å². The third kappa shape index (κ3) is 4.20. The van der Waals surface area contributed by atoms with Crippen molar-refractivity contribution in [2.45, 2.75) is 13.0 Å². The maximum Gasteiger partial charge on any atom is 0.312 e. The molecule has 0 fully saturated rings. The lowest BCUT2D eigenvalue weighted by molar-refractivity contribution is 0.249. The van der Waals surface area contributed by atoms with Crippen molar-refractivity contribution in [2.75, 3.05) is 13.1 Å². The van der Waals surface area contributed by atoms with Crippen LogP contribution >= 0.6 is 0 Å². The second kappa shape index (κ2) is 5.95. The Morgan fingerprint density at radius 3 is 2.76 bits per heavy atom. The Morgan fingerprint density at radius 2 is 2.12 bits per heavy atom. The molecule has 2 amide bonds. The van der Waals surface area contributed by atoms with Crippen LogP contribution in [-0.2, 0) is 0 Å². The molecule has 6 N–H and O–H groups in total. The number of rotatable bonds is 5. The summed E-state index contributed by atoms with van der Waals surface area (Å²) in [4.78, 5) is 10.4. The highest BCUT2D eigenvalue weighted by molar-refractivity contribution is 5.71. The minimum atomic E-state index is -0.570. The van der Waals surface area contributed by atoms with Gasteiger partial charge in [-0.15, -0.1) is 0 Å². The van der Waals surface area contributed by atoms with Gasteiger partial charge in [-0.2, -0.15) is 0 Å². The monoisotopic (exact) mass is 239 g/mol. The zero-order valence-electron chi connectivity index (χ0n) is 9.60. The molecule has 6 nitrogen and oxygen atoms in total. The molecule has 1 aromatic rings. The highest BCUT2D eigenvalue weighted by Crippen LogP contribution is 2.27. The van der Waals surface area contributed by atoms with E-state index in [0.29, 0.717) is 18.7 Å². The number of hydrogen-bond acceptors (Lipinski definition) is 4. The average Bonchev–Trinajstić information content (AvgIpc) is 2.27. The van der Waals surface area contributed by atoms with Crippen LogP contribution < -0.4 is 16.4 Å². The molecule has 0 heterocycles. The number of aromatic hydroxyl groups is 2. The summed E-state index contributed by atoms with van der Waals surface area (Å²) >= 11 is 0. The Kier molecular flexibility index (Phi) is 4.59. The summed E-state index contributed by atoms with van der Waals surface area (Å²) < 4.78 is 0. The summed E-state index contributed by atoms with van der Waals surface area (Å²) in [5.74, 6) is 0.215. The van der Waals surface area contributed by atoms with Gasteiger partial charge in [0.2, 0.25) is 0 Å². The first-order valence-corrected chi connectivity index (χ1v) is 5.29. The summed E-state index contributed by atoms with van der Waals surface area (Å²) in [6.45, 7) is 2.76. The molecule has 0 radical (unpaired) electrons. The number of benzene rings is 1. The molecule has 1 aromatic carbocycles. The summed E-state index contributed by atoms with van der Waals surface area (Å²) in [7, 11) is 0. The van der Waals surface area contributed by atoms with E-state index in [1.54, 1.807) is 0 Å². The predicted octanol–water partition coefficient (Wildman–Crippen LogP) is 0.417. The van der Waals surface area contributed by atoms with Crippen molar-refractivity contribution in [2.24, 2.45) is 5.73 Å². The molecule has 0 aliphatic carbocycles. The quantitative estimate of drug-likeness (QED) is 0.379. The smallest absolute Gasteiger partial charge is 0.312 e. The third-order valence-corrected chi connectivity index (χ3v) is 2.35. The van der Waals surface area contributed by atoms with Crippen LogP contribution in [0.25, 0.3) is 0 Å². The number of nitrogens with two attached hydrogens (primary N) is 1. The van der Waals surface area contributed by atoms with Crippen molar-refractivity contribution in [1.29, 1.82) is 0 Å². The van der Waals surface area contributed by atoms with Crippen molar-refractivity contribution in [1.82, 2.24) is 10.6 Å². The minimum Gasteiger partial charge on any atom is -0.508 e. The lowest BCUT2D eigenvalue weighted by atomic mass is 10.1. The highest BCUT2D eigenvalue weighted by atomic mass is 16.3. The molecule has 0 aromatic heterocycles. The SMILES string of the molecule is CC(NCCNC(N)=O)c1cc(O)ccc1O. The maximum absolute atomic E-state index is 10.4. The van der Waals surface area contributed by atoms with Gasteiger partial charge in [-0.05, 0) is 25.1 Å².